The predicted molar refractivity (Wildman–Crippen MR) is 41.6 cm³/mol. The fraction of sp³-hybridized carbons (Fsp3) is 0.714. The first-order valence-corrected chi connectivity index (χ1v) is 3.20. The fourth-order valence-electron chi connectivity index (χ4n) is 0.351. The average Bonchev–Trinajstić information content (AvgIpc) is 1.82. The lowest BCUT2D eigenvalue weighted by molar-refractivity contribution is 0.533. The van der Waals surface area contributed by atoms with Crippen molar-refractivity contribution in [3.63, 3.8) is 0 Å². The Kier molecular flexibility index (Phi) is 3.93. The van der Waals surface area contributed by atoms with E-state index in [2.05, 4.69) is 18.8 Å². The maximum absolute atomic E-state index is 6.66. The summed E-state index contributed by atoms with van der Waals surface area (Å²) in [5.41, 5.74) is 0. The third kappa shape index (κ3) is 3.88. The molecule has 0 fully saturated rings. The molecule has 0 aliphatic carbocycles. The highest BCUT2D eigenvalue weighted by Gasteiger charge is 2.01. The summed E-state index contributed by atoms with van der Waals surface area (Å²) in [5, 5.41) is 6.66. The molecule has 0 amide bonds. The molecule has 0 saturated carbocycles. The molecule has 0 saturated heterocycles. The third-order valence-corrected chi connectivity index (χ3v) is 1.36. The van der Waals surface area contributed by atoms with Crippen LogP contribution in [0.25, 0.3) is 0 Å². The molecule has 2 heteroatoms. The molecule has 0 rings (SSSR count). The maximum Gasteiger partial charge on any atom is 0.0494 e. The Balaban J connectivity index is 3.61. The van der Waals surface area contributed by atoms with Crippen molar-refractivity contribution in [1.82, 2.24) is 0 Å². The average molecular weight is 126 g/mol. The molecule has 0 aromatic rings. The highest BCUT2D eigenvalue weighted by Crippen LogP contribution is 2.02. The van der Waals surface area contributed by atoms with Gasteiger partial charge >= 0.3 is 0 Å². The number of hydrogen-bond acceptors (Lipinski definition) is 2. The zero-order valence-corrected chi connectivity index (χ0v) is 6.26. The molecule has 2 nitrogen and oxygen atoms in total. The lowest BCUT2D eigenvalue weighted by Crippen LogP contribution is -2.07. The topological polar surface area (TPSA) is 36.2 Å². The second kappa shape index (κ2) is 4.24. The van der Waals surface area contributed by atoms with Crippen molar-refractivity contribution in [2.75, 3.05) is 0 Å². The first-order chi connectivity index (χ1) is 4.18. The Morgan fingerprint density at radius 1 is 1.33 bits per heavy atom. The molecule has 0 aliphatic heterocycles. The molecule has 1 atom stereocenters. The molecule has 9 heavy (non-hydrogen) atoms. The van der Waals surface area contributed by atoms with E-state index in [0.29, 0.717) is 12.0 Å². The zero-order chi connectivity index (χ0) is 7.28. The van der Waals surface area contributed by atoms with Crippen LogP contribution >= 0.6 is 0 Å². The van der Waals surface area contributed by atoms with Crippen LogP contribution in [-0.4, -0.2) is 18.5 Å². The van der Waals surface area contributed by atoms with Crippen LogP contribution in [0, 0.1) is 11.3 Å². The van der Waals surface area contributed by atoms with Crippen LogP contribution in [0.15, 0.2) is 4.99 Å². The summed E-state index contributed by atoms with van der Waals surface area (Å²) >= 11 is 0. The van der Waals surface area contributed by atoms with Crippen molar-refractivity contribution in [3.8, 4) is 0 Å². The number of nitrogens with zero attached hydrogens (tertiary/aromatic N) is 1. The van der Waals surface area contributed by atoms with Gasteiger partial charge in [0.15, 0.2) is 0 Å². The second-order valence-corrected chi connectivity index (χ2v) is 2.45. The van der Waals surface area contributed by atoms with Crippen molar-refractivity contribution >= 4 is 12.4 Å². The first kappa shape index (κ1) is 8.34. The molecular weight excluding hydrogens is 112 g/mol. The highest BCUT2D eigenvalue weighted by atomic mass is 14.8. The van der Waals surface area contributed by atoms with E-state index in [1.165, 1.54) is 12.4 Å². The van der Waals surface area contributed by atoms with Crippen molar-refractivity contribution in [2.24, 2.45) is 10.9 Å². The Labute approximate surface area is 56.5 Å². The SMILES string of the molecule is CC(C)[C@@H](C)N=CC=N. The summed E-state index contributed by atoms with van der Waals surface area (Å²) in [6.07, 6.45) is 2.74. The molecule has 0 bridgehead atoms. The van der Waals surface area contributed by atoms with Crippen LogP contribution in [-0.2, 0) is 0 Å². The molecule has 0 aromatic carbocycles. The van der Waals surface area contributed by atoms with E-state index in [1.54, 1.807) is 0 Å². The van der Waals surface area contributed by atoms with Gasteiger partial charge in [-0.05, 0) is 12.8 Å². The van der Waals surface area contributed by atoms with E-state index in [4.69, 9.17) is 5.41 Å². The Morgan fingerprint density at radius 2 is 1.89 bits per heavy atom. The van der Waals surface area contributed by atoms with Crippen LogP contribution in [0.1, 0.15) is 20.8 Å². The van der Waals surface area contributed by atoms with Gasteiger partial charge in [-0.25, -0.2) is 0 Å². The largest absolute Gasteiger partial charge is 0.307 e. The lowest BCUT2D eigenvalue weighted by Gasteiger charge is -2.07. The highest BCUT2D eigenvalue weighted by molar-refractivity contribution is 6.14. The van der Waals surface area contributed by atoms with Gasteiger partial charge in [0.25, 0.3) is 0 Å². The smallest absolute Gasteiger partial charge is 0.0494 e. The monoisotopic (exact) mass is 126 g/mol. The third-order valence-electron chi connectivity index (χ3n) is 1.36. The van der Waals surface area contributed by atoms with Gasteiger partial charge in [0.05, 0.1) is 0 Å². The van der Waals surface area contributed by atoms with Crippen molar-refractivity contribution < 1.29 is 0 Å². The molecule has 0 unspecified atom stereocenters. The molecule has 0 aromatic heterocycles. The van der Waals surface area contributed by atoms with Crippen LogP contribution in [0.4, 0.5) is 0 Å². The minimum atomic E-state index is 0.339. The zero-order valence-electron chi connectivity index (χ0n) is 6.26. The fourth-order valence-corrected chi connectivity index (χ4v) is 0.351. The van der Waals surface area contributed by atoms with Gasteiger partial charge < -0.3 is 5.41 Å². The van der Waals surface area contributed by atoms with E-state index in [0.717, 1.165) is 0 Å². The maximum atomic E-state index is 6.66. The lowest BCUT2D eigenvalue weighted by atomic mass is 10.1. The van der Waals surface area contributed by atoms with Crippen LogP contribution in [0.5, 0.6) is 0 Å². The minimum Gasteiger partial charge on any atom is -0.307 e. The van der Waals surface area contributed by atoms with E-state index in [9.17, 15) is 0 Å². The summed E-state index contributed by atoms with van der Waals surface area (Å²) in [5.74, 6) is 0.571. The quantitative estimate of drug-likeness (QED) is 0.559. The number of rotatable bonds is 3. The van der Waals surface area contributed by atoms with Gasteiger partial charge in [-0.3, -0.25) is 4.99 Å². The van der Waals surface area contributed by atoms with E-state index < -0.39 is 0 Å². The second-order valence-electron chi connectivity index (χ2n) is 2.45. The minimum absolute atomic E-state index is 0.339. The van der Waals surface area contributed by atoms with E-state index in [-0.39, 0.29) is 0 Å². The van der Waals surface area contributed by atoms with E-state index >= 15 is 0 Å². The first-order valence-electron chi connectivity index (χ1n) is 3.20. The summed E-state index contributed by atoms with van der Waals surface area (Å²) < 4.78 is 0. The summed E-state index contributed by atoms with van der Waals surface area (Å²) in [4.78, 5) is 4.07. The standard InChI is InChI=1S/C7H14N2/c1-6(2)7(3)9-5-4-8/h4-8H,1-3H3/t7-/m1/s1. The molecular formula is C7H14N2. The summed E-state index contributed by atoms with van der Waals surface area (Å²) in [6.45, 7) is 6.28. The molecule has 52 valence electrons. The van der Waals surface area contributed by atoms with Crippen LogP contribution in [0.3, 0.4) is 0 Å². The molecule has 0 spiro atoms. The van der Waals surface area contributed by atoms with Crippen molar-refractivity contribution in [1.29, 1.82) is 5.41 Å². The van der Waals surface area contributed by atoms with Gasteiger partial charge in [0, 0.05) is 18.5 Å². The normalized spacial score (nSPS) is 14.7. The molecule has 0 aliphatic rings. The van der Waals surface area contributed by atoms with Gasteiger partial charge in [0.2, 0.25) is 0 Å². The molecule has 0 heterocycles. The Hall–Kier alpha value is -0.660. The van der Waals surface area contributed by atoms with Crippen molar-refractivity contribution in [3.05, 3.63) is 0 Å². The van der Waals surface area contributed by atoms with Gasteiger partial charge in [0.1, 0.15) is 0 Å². The number of aliphatic imine (C=N–C) groups is 1. The molecule has 0 radical (unpaired) electrons. The summed E-state index contributed by atoms with van der Waals surface area (Å²) in [7, 11) is 0. The van der Waals surface area contributed by atoms with Gasteiger partial charge in [-0.2, -0.15) is 0 Å². The van der Waals surface area contributed by atoms with Gasteiger partial charge in [-0.1, -0.05) is 13.8 Å². The van der Waals surface area contributed by atoms with Gasteiger partial charge in [-0.15, -0.1) is 0 Å². The van der Waals surface area contributed by atoms with Crippen molar-refractivity contribution in [2.45, 2.75) is 26.8 Å². The number of nitrogens with one attached hydrogen (secondary N) is 1. The summed E-state index contributed by atoms with van der Waals surface area (Å²) in [6, 6.07) is 0.339. The predicted octanol–water partition coefficient (Wildman–Crippen LogP) is 1.75. The van der Waals surface area contributed by atoms with E-state index in [1.807, 2.05) is 6.92 Å². The van der Waals surface area contributed by atoms with Crippen LogP contribution < -0.4 is 0 Å². The number of hydrogen-bond donors (Lipinski definition) is 1. The Morgan fingerprint density at radius 3 is 2.22 bits per heavy atom. The molecule has 1 N–H and O–H groups in total. The Bertz CT molecular complexity index is 105. The van der Waals surface area contributed by atoms with Crippen LogP contribution in [0.2, 0.25) is 0 Å².